The van der Waals surface area contributed by atoms with Crippen LogP contribution in [0.4, 0.5) is 11.6 Å². The summed E-state index contributed by atoms with van der Waals surface area (Å²) in [4.78, 5) is 31.4. The standard InChI is InChI=1S/C28H27N7O5S3/c36-27-22(26-31-14-24(42-26)43(37,38)23-13-30-16-41-23)11-17-12-32-28(34-25(17)35(27)19-7-10-39-15-19)33-18-1-3-20(4-2-18)40-21-5-8-29-9-6-21/h1-4,11-14,16,19,21,29H,5-10,15H2,(H,32,33,34). The van der Waals surface area contributed by atoms with Gasteiger partial charge in [0.05, 0.1) is 36.1 Å². The van der Waals surface area contributed by atoms with E-state index in [-0.39, 0.29) is 31.7 Å². The molecule has 1 unspecified atom stereocenters. The van der Waals surface area contributed by atoms with Gasteiger partial charge in [0.1, 0.15) is 30.9 Å². The van der Waals surface area contributed by atoms with E-state index in [0.717, 1.165) is 60.0 Å². The van der Waals surface area contributed by atoms with Crippen LogP contribution in [0.15, 0.2) is 67.6 Å². The van der Waals surface area contributed by atoms with Crippen molar-refractivity contribution >= 4 is 55.2 Å². The smallest absolute Gasteiger partial charge is 0.262 e. The summed E-state index contributed by atoms with van der Waals surface area (Å²) in [5, 5.41) is 7.49. The minimum Gasteiger partial charge on any atom is -0.490 e. The van der Waals surface area contributed by atoms with E-state index in [1.54, 1.807) is 16.8 Å². The third-order valence-electron chi connectivity index (χ3n) is 7.40. The number of anilines is 2. The second-order valence-electron chi connectivity index (χ2n) is 10.2. The van der Waals surface area contributed by atoms with Crippen LogP contribution in [0.3, 0.4) is 0 Å². The van der Waals surface area contributed by atoms with Gasteiger partial charge in [-0.1, -0.05) is 0 Å². The highest BCUT2D eigenvalue weighted by atomic mass is 32.3. The number of nitrogens with one attached hydrogen (secondary N) is 2. The summed E-state index contributed by atoms with van der Waals surface area (Å²) < 4.78 is 39.5. The van der Waals surface area contributed by atoms with Crippen molar-refractivity contribution < 1.29 is 17.9 Å². The molecule has 43 heavy (non-hydrogen) atoms. The minimum absolute atomic E-state index is 0.0463. The van der Waals surface area contributed by atoms with Gasteiger partial charge in [-0.15, -0.1) is 22.7 Å². The average Bonchev–Trinajstić information content (AvgIpc) is 3.82. The lowest BCUT2D eigenvalue weighted by molar-refractivity contribution is 0.162. The topological polar surface area (TPSA) is 150 Å². The number of rotatable bonds is 8. The maximum atomic E-state index is 13.9. The molecule has 12 nitrogen and oxygen atoms in total. The predicted octanol–water partition coefficient (Wildman–Crippen LogP) is 4.04. The number of nitrogens with zero attached hydrogens (tertiary/aromatic N) is 5. The summed E-state index contributed by atoms with van der Waals surface area (Å²) in [6.07, 6.45) is 7.07. The van der Waals surface area contributed by atoms with Gasteiger partial charge in [-0.2, -0.15) is 4.98 Å². The van der Waals surface area contributed by atoms with E-state index in [1.165, 1.54) is 17.9 Å². The van der Waals surface area contributed by atoms with Crippen molar-refractivity contribution in [1.82, 2.24) is 29.8 Å². The highest BCUT2D eigenvalue weighted by Crippen LogP contribution is 2.33. The summed E-state index contributed by atoms with van der Waals surface area (Å²) in [6.45, 7) is 2.82. The fourth-order valence-electron chi connectivity index (χ4n) is 5.19. The third kappa shape index (κ3) is 5.65. The van der Waals surface area contributed by atoms with Gasteiger partial charge < -0.3 is 20.1 Å². The number of hydrogen-bond donors (Lipinski definition) is 2. The Morgan fingerprint density at radius 2 is 1.88 bits per heavy atom. The van der Waals surface area contributed by atoms with Crippen LogP contribution in [0, 0.1) is 0 Å². The van der Waals surface area contributed by atoms with Crippen LogP contribution in [-0.2, 0) is 14.6 Å². The maximum absolute atomic E-state index is 13.9. The number of fused-ring (bicyclic) bond motifs is 1. The molecule has 5 aromatic rings. The molecular weight excluding hydrogens is 611 g/mol. The molecule has 2 aliphatic heterocycles. The Morgan fingerprint density at radius 1 is 1.05 bits per heavy atom. The van der Waals surface area contributed by atoms with Crippen LogP contribution in [0.25, 0.3) is 21.6 Å². The number of aromatic nitrogens is 5. The van der Waals surface area contributed by atoms with E-state index < -0.39 is 9.84 Å². The average molecular weight is 638 g/mol. The van der Waals surface area contributed by atoms with Crippen LogP contribution in [0.5, 0.6) is 5.75 Å². The Kier molecular flexibility index (Phi) is 7.65. The molecule has 0 aliphatic carbocycles. The number of pyridine rings is 1. The van der Waals surface area contributed by atoms with Crippen LogP contribution in [0.1, 0.15) is 25.3 Å². The fourth-order valence-corrected chi connectivity index (χ4v) is 8.80. The quantitative estimate of drug-likeness (QED) is 0.254. The molecule has 0 amide bonds. The predicted molar refractivity (Wildman–Crippen MR) is 163 cm³/mol. The number of hydrogen-bond acceptors (Lipinski definition) is 13. The molecule has 1 atom stereocenters. The van der Waals surface area contributed by atoms with Crippen molar-refractivity contribution in [2.75, 3.05) is 31.6 Å². The van der Waals surface area contributed by atoms with Gasteiger partial charge in [-0.05, 0) is 62.7 Å². The van der Waals surface area contributed by atoms with E-state index in [1.807, 2.05) is 24.3 Å². The molecule has 0 bridgehead atoms. The molecule has 7 rings (SSSR count). The number of thiazole rings is 2. The molecule has 4 aromatic heterocycles. The molecular formula is C28H27N7O5S3. The molecule has 0 saturated carbocycles. The first-order chi connectivity index (χ1) is 21.0. The zero-order valence-electron chi connectivity index (χ0n) is 22.8. The Morgan fingerprint density at radius 3 is 2.63 bits per heavy atom. The third-order valence-corrected chi connectivity index (χ3v) is 11.9. The Labute approximate surface area is 254 Å². The SMILES string of the molecule is O=c1c(-c2ncc(S(=O)(=O)c3cncs3)s2)cc2cnc(Nc3ccc(OC4CCNCC4)cc3)nc2n1C1CCOC1. The van der Waals surface area contributed by atoms with Gasteiger partial charge in [0.15, 0.2) is 0 Å². The van der Waals surface area contributed by atoms with Crippen molar-refractivity contribution in [2.45, 2.75) is 39.8 Å². The summed E-state index contributed by atoms with van der Waals surface area (Å²) >= 11 is 1.98. The summed E-state index contributed by atoms with van der Waals surface area (Å²) in [5.41, 5.74) is 2.67. The normalized spacial score (nSPS) is 17.8. The van der Waals surface area contributed by atoms with Gasteiger partial charge in [0.25, 0.3) is 5.56 Å². The maximum Gasteiger partial charge on any atom is 0.262 e. The largest absolute Gasteiger partial charge is 0.490 e. The van der Waals surface area contributed by atoms with E-state index in [0.29, 0.717) is 41.6 Å². The van der Waals surface area contributed by atoms with Gasteiger partial charge in [-0.25, -0.2) is 18.4 Å². The van der Waals surface area contributed by atoms with E-state index in [4.69, 9.17) is 14.5 Å². The second-order valence-corrected chi connectivity index (χ2v) is 14.6. The molecule has 2 N–H and O–H groups in total. The molecule has 2 aliphatic rings. The second kappa shape index (κ2) is 11.7. The Balaban J connectivity index is 1.20. The molecule has 0 spiro atoms. The van der Waals surface area contributed by atoms with Crippen molar-refractivity contribution in [3.63, 3.8) is 0 Å². The fraction of sp³-hybridized carbons (Fsp3) is 0.321. The van der Waals surface area contributed by atoms with Crippen molar-refractivity contribution in [2.24, 2.45) is 0 Å². The number of ether oxygens (including phenoxy) is 2. The molecule has 2 saturated heterocycles. The van der Waals surface area contributed by atoms with Gasteiger partial charge >= 0.3 is 0 Å². The Bertz CT molecular complexity index is 1910. The molecule has 222 valence electrons. The van der Waals surface area contributed by atoms with Crippen LogP contribution < -0.4 is 20.9 Å². The lowest BCUT2D eigenvalue weighted by Crippen LogP contribution is -2.34. The van der Waals surface area contributed by atoms with E-state index >= 15 is 0 Å². The van der Waals surface area contributed by atoms with Crippen molar-refractivity contribution in [3.05, 3.63) is 64.8 Å². The zero-order chi connectivity index (χ0) is 29.4. The zero-order valence-corrected chi connectivity index (χ0v) is 25.3. The number of piperidine rings is 1. The molecule has 1 aromatic carbocycles. The summed E-state index contributed by atoms with van der Waals surface area (Å²) in [6, 6.07) is 9.09. The first-order valence-electron chi connectivity index (χ1n) is 13.8. The Hall–Kier alpha value is -3.76. The number of benzene rings is 1. The monoisotopic (exact) mass is 637 g/mol. The van der Waals surface area contributed by atoms with E-state index in [9.17, 15) is 13.2 Å². The van der Waals surface area contributed by atoms with Gasteiger partial charge in [-0.3, -0.25) is 14.3 Å². The lowest BCUT2D eigenvalue weighted by Gasteiger charge is -2.23. The molecule has 2 fully saturated rings. The number of sulfone groups is 1. The van der Waals surface area contributed by atoms with Gasteiger partial charge in [0.2, 0.25) is 15.8 Å². The minimum atomic E-state index is -3.77. The highest BCUT2D eigenvalue weighted by Gasteiger charge is 2.27. The summed E-state index contributed by atoms with van der Waals surface area (Å²) in [5.74, 6) is 1.15. The van der Waals surface area contributed by atoms with E-state index in [2.05, 4.69) is 25.6 Å². The highest BCUT2D eigenvalue weighted by molar-refractivity contribution is 7.95. The molecule has 0 radical (unpaired) electrons. The van der Waals surface area contributed by atoms with Crippen LogP contribution in [0.2, 0.25) is 0 Å². The van der Waals surface area contributed by atoms with Crippen LogP contribution in [-0.4, -0.2) is 65.3 Å². The molecule has 6 heterocycles. The van der Waals surface area contributed by atoms with Gasteiger partial charge in [0, 0.05) is 23.9 Å². The lowest BCUT2D eigenvalue weighted by atomic mass is 10.1. The van der Waals surface area contributed by atoms with Crippen molar-refractivity contribution in [1.29, 1.82) is 0 Å². The van der Waals surface area contributed by atoms with Crippen LogP contribution >= 0.6 is 22.7 Å². The molecule has 15 heteroatoms. The summed E-state index contributed by atoms with van der Waals surface area (Å²) in [7, 11) is -3.77. The van der Waals surface area contributed by atoms with Crippen molar-refractivity contribution in [3.8, 4) is 16.3 Å². The first-order valence-corrected chi connectivity index (χ1v) is 17.0. The first kappa shape index (κ1) is 28.0.